The quantitative estimate of drug-likeness (QED) is 0.543. The van der Waals surface area contributed by atoms with E-state index >= 15 is 0 Å². The van der Waals surface area contributed by atoms with Gasteiger partial charge in [-0.25, -0.2) is 0 Å². The molecule has 28 heavy (non-hydrogen) atoms. The number of nitrogens with zero attached hydrogens (tertiary/aromatic N) is 5. The minimum absolute atomic E-state index is 0.0511. The Hall–Kier alpha value is -2.63. The molecule has 0 aliphatic rings. The van der Waals surface area contributed by atoms with Crippen molar-refractivity contribution in [2.45, 2.75) is 30.7 Å². The van der Waals surface area contributed by atoms with Gasteiger partial charge < -0.3 is 9.47 Å². The summed E-state index contributed by atoms with van der Waals surface area (Å²) >= 11 is 2.98. The molecule has 1 aromatic carbocycles. The molecule has 2 heterocycles. The highest BCUT2D eigenvalue weighted by Gasteiger charge is 2.25. The number of nitriles is 1. The average molecular weight is 412 g/mol. The molecule has 0 aliphatic carbocycles. The molecular weight excluding hydrogens is 390 g/mol. The highest BCUT2D eigenvalue weighted by atomic mass is 32.2. The molecule has 1 unspecified atom stereocenters. The number of anilines is 1. The van der Waals surface area contributed by atoms with Crippen molar-refractivity contribution in [3.63, 3.8) is 0 Å². The number of aryl methyl sites for hydroxylation is 1. The molecule has 3 rings (SSSR count). The number of aromatic nitrogens is 3. The molecule has 0 saturated heterocycles. The Bertz CT molecular complexity index is 973. The first-order valence-corrected chi connectivity index (χ1v) is 10.6. The van der Waals surface area contributed by atoms with Gasteiger partial charge in [-0.2, -0.15) is 5.26 Å². The number of carbonyl (C=O) groups is 1. The Labute approximate surface area is 172 Å². The number of thioether (sulfide) groups is 1. The van der Waals surface area contributed by atoms with E-state index in [-0.39, 0.29) is 17.6 Å². The standard InChI is InChI=1S/C20H21N5OS2/c1-14-7-9-16(10-8-14)25(12-5-11-21)19(26)15(2)28-20-23-22-18(24(20)3)17-6-4-13-27-17/h4,6-10,13,15H,5,12H2,1-3H3. The summed E-state index contributed by atoms with van der Waals surface area (Å²) in [4.78, 5) is 15.8. The molecule has 6 nitrogen and oxygen atoms in total. The predicted molar refractivity (Wildman–Crippen MR) is 113 cm³/mol. The van der Waals surface area contributed by atoms with Crippen molar-refractivity contribution in [2.75, 3.05) is 11.4 Å². The van der Waals surface area contributed by atoms with Crippen LogP contribution < -0.4 is 4.90 Å². The molecule has 0 radical (unpaired) electrons. The summed E-state index contributed by atoms with van der Waals surface area (Å²) in [6.07, 6.45) is 0.281. The van der Waals surface area contributed by atoms with Crippen LogP contribution >= 0.6 is 23.1 Å². The summed E-state index contributed by atoms with van der Waals surface area (Å²) < 4.78 is 1.91. The second kappa shape index (κ2) is 9.04. The zero-order chi connectivity index (χ0) is 20.1. The maximum atomic E-state index is 13.1. The van der Waals surface area contributed by atoms with Crippen molar-refractivity contribution < 1.29 is 4.79 Å². The third-order valence-corrected chi connectivity index (χ3v) is 6.25. The molecule has 1 amide bonds. The topological polar surface area (TPSA) is 74.8 Å². The van der Waals surface area contributed by atoms with Gasteiger partial charge in [-0.1, -0.05) is 35.5 Å². The van der Waals surface area contributed by atoms with Crippen molar-refractivity contribution in [3.05, 3.63) is 47.3 Å². The maximum absolute atomic E-state index is 13.1. The lowest BCUT2D eigenvalue weighted by molar-refractivity contribution is -0.117. The van der Waals surface area contributed by atoms with Crippen molar-refractivity contribution in [2.24, 2.45) is 7.05 Å². The van der Waals surface area contributed by atoms with E-state index < -0.39 is 0 Å². The molecule has 0 N–H and O–H groups in total. The summed E-state index contributed by atoms with van der Waals surface area (Å²) in [7, 11) is 1.90. The van der Waals surface area contributed by atoms with E-state index in [4.69, 9.17) is 5.26 Å². The summed E-state index contributed by atoms with van der Waals surface area (Å²) in [5.74, 6) is 0.738. The smallest absolute Gasteiger partial charge is 0.240 e. The Morgan fingerprint density at radius 2 is 2.07 bits per heavy atom. The van der Waals surface area contributed by atoms with Crippen LogP contribution in [0.2, 0.25) is 0 Å². The normalized spacial score (nSPS) is 11.8. The lowest BCUT2D eigenvalue weighted by Gasteiger charge is -2.25. The zero-order valence-electron chi connectivity index (χ0n) is 16.0. The van der Waals surface area contributed by atoms with Gasteiger partial charge in [0.1, 0.15) is 0 Å². The van der Waals surface area contributed by atoms with E-state index in [1.807, 2.05) is 67.2 Å². The van der Waals surface area contributed by atoms with Crippen LogP contribution in [0.1, 0.15) is 18.9 Å². The van der Waals surface area contributed by atoms with Crippen LogP contribution in [0.3, 0.4) is 0 Å². The van der Waals surface area contributed by atoms with E-state index in [2.05, 4.69) is 16.3 Å². The Balaban J connectivity index is 1.78. The monoisotopic (exact) mass is 411 g/mol. The highest BCUT2D eigenvalue weighted by Crippen LogP contribution is 2.29. The van der Waals surface area contributed by atoms with E-state index in [9.17, 15) is 4.79 Å². The van der Waals surface area contributed by atoms with Gasteiger partial charge in [-0.15, -0.1) is 21.5 Å². The van der Waals surface area contributed by atoms with Gasteiger partial charge >= 0.3 is 0 Å². The van der Waals surface area contributed by atoms with Crippen molar-refractivity contribution >= 4 is 34.7 Å². The fourth-order valence-electron chi connectivity index (χ4n) is 2.72. The van der Waals surface area contributed by atoms with Crippen LogP contribution in [0.5, 0.6) is 0 Å². The fourth-order valence-corrected chi connectivity index (χ4v) is 4.34. The number of benzene rings is 1. The summed E-state index contributed by atoms with van der Waals surface area (Å²) in [5.41, 5.74) is 1.93. The Morgan fingerprint density at radius 3 is 2.71 bits per heavy atom. The van der Waals surface area contributed by atoms with E-state index in [1.54, 1.807) is 16.2 Å². The molecule has 0 spiro atoms. The van der Waals surface area contributed by atoms with Gasteiger partial charge in [-0.05, 0) is 37.4 Å². The lowest BCUT2D eigenvalue weighted by Crippen LogP contribution is -2.37. The second-order valence-electron chi connectivity index (χ2n) is 6.34. The molecule has 2 aromatic heterocycles. The van der Waals surface area contributed by atoms with Crippen molar-refractivity contribution in [1.29, 1.82) is 5.26 Å². The van der Waals surface area contributed by atoms with Crippen molar-refractivity contribution in [1.82, 2.24) is 14.8 Å². The van der Waals surface area contributed by atoms with Gasteiger partial charge in [0.05, 0.1) is 22.6 Å². The van der Waals surface area contributed by atoms with Crippen LogP contribution in [0.4, 0.5) is 5.69 Å². The van der Waals surface area contributed by atoms with Gasteiger partial charge in [0.15, 0.2) is 11.0 Å². The molecular formula is C20H21N5OS2. The molecule has 0 saturated carbocycles. The first kappa shape index (κ1) is 20.1. The number of hydrogen-bond donors (Lipinski definition) is 0. The van der Waals surface area contributed by atoms with Crippen LogP contribution in [-0.4, -0.2) is 32.5 Å². The summed E-state index contributed by atoms with van der Waals surface area (Å²) in [6.45, 7) is 4.23. The minimum Gasteiger partial charge on any atom is -0.310 e. The molecule has 8 heteroatoms. The van der Waals surface area contributed by atoms with E-state index in [1.165, 1.54) is 11.8 Å². The van der Waals surface area contributed by atoms with Gasteiger partial charge in [0.25, 0.3) is 0 Å². The fraction of sp³-hybridized carbons (Fsp3) is 0.300. The first-order chi connectivity index (χ1) is 13.5. The Kier molecular flexibility index (Phi) is 6.49. The largest absolute Gasteiger partial charge is 0.310 e. The number of thiophene rings is 1. The van der Waals surface area contributed by atoms with Crippen LogP contribution in [-0.2, 0) is 11.8 Å². The molecule has 3 aromatic rings. The van der Waals surface area contributed by atoms with Crippen LogP contribution in [0.15, 0.2) is 46.9 Å². The number of carbonyl (C=O) groups excluding carboxylic acids is 1. The lowest BCUT2D eigenvalue weighted by atomic mass is 10.2. The molecule has 0 aliphatic heterocycles. The first-order valence-electron chi connectivity index (χ1n) is 8.86. The predicted octanol–water partition coefficient (Wildman–Crippen LogP) is 4.28. The van der Waals surface area contributed by atoms with Gasteiger partial charge in [-0.3, -0.25) is 4.79 Å². The van der Waals surface area contributed by atoms with Gasteiger partial charge in [0, 0.05) is 19.3 Å². The third kappa shape index (κ3) is 4.43. The van der Waals surface area contributed by atoms with Crippen LogP contribution in [0, 0.1) is 18.3 Å². The molecule has 0 bridgehead atoms. The number of hydrogen-bond acceptors (Lipinski definition) is 6. The van der Waals surface area contributed by atoms with Gasteiger partial charge in [0.2, 0.25) is 5.91 Å². The molecule has 0 fully saturated rings. The summed E-state index contributed by atoms with van der Waals surface area (Å²) in [5, 5.41) is 19.8. The molecule has 144 valence electrons. The second-order valence-corrected chi connectivity index (χ2v) is 8.59. The van der Waals surface area contributed by atoms with Crippen molar-refractivity contribution in [3.8, 4) is 16.8 Å². The Morgan fingerprint density at radius 1 is 1.32 bits per heavy atom. The summed E-state index contributed by atoms with van der Waals surface area (Å²) in [6, 6.07) is 13.9. The maximum Gasteiger partial charge on any atom is 0.240 e. The highest BCUT2D eigenvalue weighted by molar-refractivity contribution is 8.00. The van der Waals surface area contributed by atoms with E-state index in [0.717, 1.165) is 22.0 Å². The zero-order valence-corrected chi connectivity index (χ0v) is 17.6. The molecule has 1 atom stereocenters. The third-order valence-electron chi connectivity index (χ3n) is 4.27. The average Bonchev–Trinajstić information content (AvgIpc) is 3.33. The number of rotatable bonds is 7. The van der Waals surface area contributed by atoms with E-state index in [0.29, 0.717) is 11.7 Å². The SMILES string of the molecule is Cc1ccc(N(CCC#N)C(=O)C(C)Sc2nnc(-c3cccs3)n2C)cc1. The number of amides is 1. The van der Waals surface area contributed by atoms with Crippen LogP contribution in [0.25, 0.3) is 10.7 Å². The minimum atomic E-state index is -0.362.